The Kier molecular flexibility index (Phi) is 4.86. The van der Waals surface area contributed by atoms with Crippen molar-refractivity contribution >= 4 is 52.2 Å². The van der Waals surface area contributed by atoms with Crippen LogP contribution in [0.15, 0.2) is 47.4 Å². The highest BCUT2D eigenvalue weighted by atomic mass is 35.5. The Labute approximate surface area is 199 Å². The van der Waals surface area contributed by atoms with Crippen molar-refractivity contribution in [3.05, 3.63) is 69.2 Å². The molecule has 0 bridgehead atoms. The zero-order valence-electron chi connectivity index (χ0n) is 17.6. The lowest BCUT2D eigenvalue weighted by Gasteiger charge is -2.20. The molecule has 1 amide bonds. The molecular formula is C23H20Cl2N6O2. The first-order chi connectivity index (χ1) is 15.5. The number of hydrogen-bond donors (Lipinski definition) is 2. The van der Waals surface area contributed by atoms with Crippen molar-refractivity contribution in [1.82, 2.24) is 20.0 Å². The number of aryl methyl sites for hydroxylation is 1. The predicted octanol–water partition coefficient (Wildman–Crippen LogP) is 3.57. The van der Waals surface area contributed by atoms with Crippen LogP contribution in [0.5, 0.6) is 0 Å². The number of fused-ring (bicyclic) bond motifs is 3. The summed E-state index contributed by atoms with van der Waals surface area (Å²) in [5.74, 6) is 0.681. The quantitative estimate of drug-likeness (QED) is 0.463. The number of rotatable bonds is 3. The first kappa shape index (κ1) is 21.6. The molecule has 8 nitrogen and oxygen atoms in total. The zero-order valence-corrected chi connectivity index (χ0v) is 19.2. The molecule has 1 spiro atoms. The Bertz CT molecular complexity index is 1500. The summed E-state index contributed by atoms with van der Waals surface area (Å²) in [4.78, 5) is 27.6. The monoisotopic (exact) mass is 482 g/mol. The predicted molar refractivity (Wildman–Crippen MR) is 129 cm³/mol. The summed E-state index contributed by atoms with van der Waals surface area (Å²) < 4.78 is 1.70. The van der Waals surface area contributed by atoms with E-state index in [0.29, 0.717) is 27.3 Å². The summed E-state index contributed by atoms with van der Waals surface area (Å²) in [6.45, 7) is 0.190. The number of benzene rings is 2. The van der Waals surface area contributed by atoms with Gasteiger partial charge in [0.2, 0.25) is 5.91 Å². The molecular weight excluding hydrogens is 463 g/mol. The second kappa shape index (κ2) is 7.41. The molecule has 1 saturated carbocycles. The lowest BCUT2D eigenvalue weighted by atomic mass is 9.98. The third kappa shape index (κ3) is 2.88. The van der Waals surface area contributed by atoms with E-state index in [-0.39, 0.29) is 30.4 Å². The van der Waals surface area contributed by atoms with Crippen molar-refractivity contribution in [3.63, 3.8) is 0 Å². The van der Waals surface area contributed by atoms with E-state index >= 15 is 0 Å². The van der Waals surface area contributed by atoms with Gasteiger partial charge in [0.15, 0.2) is 0 Å². The molecule has 2 aromatic heterocycles. The Hall–Kier alpha value is -3.20. The number of hydrogen-bond acceptors (Lipinski definition) is 5. The highest BCUT2D eigenvalue weighted by Gasteiger charge is 2.61. The molecule has 168 valence electrons. The third-order valence-electron chi connectivity index (χ3n) is 6.56. The van der Waals surface area contributed by atoms with Gasteiger partial charge in [0.1, 0.15) is 5.82 Å². The van der Waals surface area contributed by atoms with Gasteiger partial charge in [-0.25, -0.2) is 5.10 Å². The molecule has 0 saturated heterocycles. The van der Waals surface area contributed by atoms with Crippen LogP contribution in [0.3, 0.4) is 0 Å². The van der Waals surface area contributed by atoms with E-state index in [4.69, 9.17) is 17.3 Å². The van der Waals surface area contributed by atoms with Crippen molar-refractivity contribution in [2.45, 2.75) is 24.8 Å². The van der Waals surface area contributed by atoms with E-state index in [1.165, 1.54) is 0 Å². The van der Waals surface area contributed by atoms with Crippen LogP contribution >= 0.6 is 24.0 Å². The van der Waals surface area contributed by atoms with Crippen LogP contribution in [-0.2, 0) is 23.8 Å². The SMILES string of the molecule is Cl.Cn1ncc(-c2ccc3c(=O)[nH]nc(CN)c3c2)c1N1C(=O)C2(CC2)c2c(Cl)cccc21. The standard InChI is InChI=1S/C23H19ClN6O2.ClH/c1-29-21(30-18-4-2-3-16(24)19(18)23(7-8-23)22(30)32)15(11-26-29)12-5-6-13-14(9-12)17(10-25)27-28-20(13)31;/h2-6,9,11H,7-8,10,25H2,1H3,(H,28,31);1H. The average Bonchev–Trinajstić information content (AvgIpc) is 3.45. The second-order valence-electron chi connectivity index (χ2n) is 8.33. The molecule has 2 aliphatic rings. The average molecular weight is 483 g/mol. The van der Waals surface area contributed by atoms with Gasteiger partial charge < -0.3 is 5.73 Å². The summed E-state index contributed by atoms with van der Waals surface area (Å²) in [5, 5.41) is 12.8. The Morgan fingerprint density at radius 3 is 2.70 bits per heavy atom. The number of H-pyrrole nitrogens is 1. The fourth-order valence-electron chi connectivity index (χ4n) is 4.85. The molecule has 1 fully saturated rings. The van der Waals surface area contributed by atoms with E-state index in [1.54, 1.807) is 21.8 Å². The first-order valence-electron chi connectivity index (χ1n) is 10.3. The van der Waals surface area contributed by atoms with E-state index in [1.807, 2.05) is 37.4 Å². The van der Waals surface area contributed by atoms with Gasteiger partial charge in [-0.3, -0.25) is 19.2 Å². The maximum atomic E-state index is 13.6. The van der Waals surface area contributed by atoms with Crippen LogP contribution in [0.25, 0.3) is 21.9 Å². The summed E-state index contributed by atoms with van der Waals surface area (Å²) in [5.41, 5.74) is 8.91. The van der Waals surface area contributed by atoms with Gasteiger partial charge in [-0.05, 0) is 42.7 Å². The number of carbonyl (C=O) groups is 1. The minimum Gasteiger partial charge on any atom is -0.325 e. The number of nitrogens with one attached hydrogen (secondary N) is 1. The minimum atomic E-state index is -0.539. The maximum absolute atomic E-state index is 13.6. The molecule has 1 aliphatic heterocycles. The Morgan fingerprint density at radius 2 is 1.97 bits per heavy atom. The van der Waals surface area contributed by atoms with Crippen molar-refractivity contribution < 1.29 is 4.79 Å². The van der Waals surface area contributed by atoms with Crippen LogP contribution in [0.4, 0.5) is 11.5 Å². The Morgan fingerprint density at radius 1 is 1.18 bits per heavy atom. The molecule has 33 heavy (non-hydrogen) atoms. The number of aromatic nitrogens is 4. The summed E-state index contributed by atoms with van der Waals surface area (Å²) >= 11 is 6.54. The van der Waals surface area contributed by atoms with E-state index in [9.17, 15) is 9.59 Å². The van der Waals surface area contributed by atoms with Crippen LogP contribution in [0.2, 0.25) is 5.02 Å². The molecule has 3 heterocycles. The van der Waals surface area contributed by atoms with E-state index < -0.39 is 5.41 Å². The minimum absolute atomic E-state index is 0. The highest BCUT2D eigenvalue weighted by Crippen LogP contribution is 2.61. The molecule has 4 aromatic rings. The van der Waals surface area contributed by atoms with Crippen LogP contribution in [0, 0.1) is 0 Å². The number of nitrogens with two attached hydrogens (primary N) is 1. The van der Waals surface area contributed by atoms with Crippen LogP contribution in [-0.4, -0.2) is 25.9 Å². The van der Waals surface area contributed by atoms with Crippen molar-refractivity contribution in [3.8, 4) is 11.1 Å². The van der Waals surface area contributed by atoms with E-state index in [2.05, 4.69) is 15.3 Å². The molecule has 0 atom stereocenters. The van der Waals surface area contributed by atoms with Gasteiger partial charge in [0, 0.05) is 35.1 Å². The normalized spacial score (nSPS) is 15.7. The summed E-state index contributed by atoms with van der Waals surface area (Å²) in [6, 6.07) is 11.1. The second-order valence-corrected chi connectivity index (χ2v) is 8.73. The third-order valence-corrected chi connectivity index (χ3v) is 6.88. The smallest absolute Gasteiger partial charge is 0.272 e. The lowest BCUT2D eigenvalue weighted by Crippen LogP contribution is -2.29. The fourth-order valence-corrected chi connectivity index (χ4v) is 5.20. The lowest BCUT2D eigenvalue weighted by molar-refractivity contribution is -0.119. The molecule has 10 heteroatoms. The fraction of sp³-hybridized carbons (Fsp3) is 0.217. The van der Waals surface area contributed by atoms with Gasteiger partial charge in [-0.2, -0.15) is 10.2 Å². The molecule has 6 rings (SSSR count). The van der Waals surface area contributed by atoms with Crippen LogP contribution in [0.1, 0.15) is 24.1 Å². The van der Waals surface area contributed by atoms with Crippen LogP contribution < -0.4 is 16.2 Å². The van der Waals surface area contributed by atoms with Gasteiger partial charge in [0.25, 0.3) is 5.56 Å². The first-order valence-corrected chi connectivity index (χ1v) is 10.7. The molecule has 1 aliphatic carbocycles. The molecule has 0 unspecified atom stereocenters. The van der Waals surface area contributed by atoms with Gasteiger partial charge in [0.05, 0.1) is 28.4 Å². The van der Waals surface area contributed by atoms with Gasteiger partial charge >= 0.3 is 0 Å². The van der Waals surface area contributed by atoms with E-state index in [0.717, 1.165) is 35.2 Å². The number of anilines is 2. The largest absolute Gasteiger partial charge is 0.325 e. The highest BCUT2D eigenvalue weighted by molar-refractivity contribution is 6.34. The number of halogens is 2. The van der Waals surface area contributed by atoms with Gasteiger partial charge in [-0.1, -0.05) is 23.7 Å². The van der Waals surface area contributed by atoms with Crippen molar-refractivity contribution in [1.29, 1.82) is 0 Å². The number of nitrogens with zero attached hydrogens (tertiary/aromatic N) is 4. The maximum Gasteiger partial charge on any atom is 0.272 e. The number of aromatic amines is 1. The zero-order chi connectivity index (χ0) is 22.2. The number of carbonyl (C=O) groups excluding carboxylic acids is 1. The molecule has 2 aromatic carbocycles. The van der Waals surface area contributed by atoms with Crippen molar-refractivity contribution in [2.75, 3.05) is 4.90 Å². The summed E-state index contributed by atoms with van der Waals surface area (Å²) in [7, 11) is 1.81. The topological polar surface area (TPSA) is 110 Å². The number of amides is 1. The molecule has 0 radical (unpaired) electrons. The Balaban J connectivity index is 0.00000228. The summed E-state index contributed by atoms with van der Waals surface area (Å²) in [6.07, 6.45) is 3.31. The molecule has 3 N–H and O–H groups in total. The van der Waals surface area contributed by atoms with Gasteiger partial charge in [-0.15, -0.1) is 12.4 Å². The van der Waals surface area contributed by atoms with Crippen molar-refractivity contribution in [2.24, 2.45) is 12.8 Å².